The van der Waals surface area contributed by atoms with Crippen LogP contribution < -0.4 is 5.32 Å². The highest BCUT2D eigenvalue weighted by Gasteiger charge is 2.23. The van der Waals surface area contributed by atoms with Crippen molar-refractivity contribution in [3.8, 4) is 6.07 Å². The monoisotopic (exact) mass is 363 g/mol. The van der Waals surface area contributed by atoms with Crippen molar-refractivity contribution in [2.24, 2.45) is 5.92 Å². The van der Waals surface area contributed by atoms with E-state index < -0.39 is 0 Å². The second-order valence-electron chi connectivity index (χ2n) is 5.91. The van der Waals surface area contributed by atoms with Crippen LogP contribution in [0.2, 0.25) is 0 Å². The van der Waals surface area contributed by atoms with Crippen LogP contribution in [-0.2, 0) is 6.42 Å². The molecule has 1 atom stereocenters. The van der Waals surface area contributed by atoms with Gasteiger partial charge in [-0.25, -0.2) is 4.79 Å². The van der Waals surface area contributed by atoms with Crippen LogP contribution in [-0.4, -0.2) is 30.1 Å². The number of amides is 2. The smallest absolute Gasteiger partial charge is 0.317 e. The summed E-state index contributed by atoms with van der Waals surface area (Å²) in [7, 11) is 0. The molecule has 1 aromatic rings. The van der Waals surface area contributed by atoms with Crippen molar-refractivity contribution in [2.75, 3.05) is 13.1 Å². The molecule has 1 aliphatic heterocycles. The largest absolute Gasteiger partial charge is 0.336 e. The number of carbonyl (C=O) groups is 1. The molecule has 22 heavy (non-hydrogen) atoms. The van der Waals surface area contributed by atoms with E-state index in [9.17, 15) is 4.79 Å². The number of benzene rings is 1. The predicted molar refractivity (Wildman–Crippen MR) is 90.4 cm³/mol. The summed E-state index contributed by atoms with van der Waals surface area (Å²) >= 11 is 3.43. The molecule has 4 nitrogen and oxygen atoms in total. The molecular formula is C17H22BrN3O. The second-order valence-corrected chi connectivity index (χ2v) is 6.82. The fourth-order valence-corrected chi connectivity index (χ4v) is 2.88. The molecule has 118 valence electrons. The van der Waals surface area contributed by atoms with Crippen LogP contribution in [0, 0.1) is 17.2 Å². The molecule has 1 aliphatic rings. The van der Waals surface area contributed by atoms with Gasteiger partial charge in [0.1, 0.15) is 0 Å². The van der Waals surface area contributed by atoms with Gasteiger partial charge in [0, 0.05) is 29.5 Å². The van der Waals surface area contributed by atoms with Gasteiger partial charge in [-0.2, -0.15) is 5.26 Å². The summed E-state index contributed by atoms with van der Waals surface area (Å²) in [6.45, 7) is 3.41. The molecule has 0 unspecified atom stereocenters. The number of nitrogens with one attached hydrogen (secondary N) is 1. The van der Waals surface area contributed by atoms with E-state index >= 15 is 0 Å². The number of urea groups is 1. The van der Waals surface area contributed by atoms with Crippen LogP contribution in [0.1, 0.15) is 31.7 Å². The standard InChI is InChI=1S/C17H22BrN3O/c1-13(2-3-14-4-6-16(18)7-5-14)20-17(22)21-10-8-15(12-19)9-11-21/h4-7,13,15H,2-3,8-11H2,1H3,(H,20,22)/t13-/m1/s1. The number of aryl methyl sites for hydroxylation is 1. The van der Waals surface area contributed by atoms with Gasteiger partial charge in [0.15, 0.2) is 0 Å². The molecule has 0 bridgehead atoms. The molecule has 2 amide bonds. The first-order valence-corrected chi connectivity index (χ1v) is 8.57. The lowest BCUT2D eigenvalue weighted by atomic mass is 9.99. The number of carbonyl (C=O) groups excluding carboxylic acids is 1. The van der Waals surface area contributed by atoms with E-state index in [-0.39, 0.29) is 18.0 Å². The van der Waals surface area contributed by atoms with E-state index in [1.54, 1.807) is 0 Å². The van der Waals surface area contributed by atoms with Gasteiger partial charge < -0.3 is 10.2 Å². The lowest BCUT2D eigenvalue weighted by Gasteiger charge is -2.30. The normalized spacial score (nSPS) is 16.9. The molecule has 1 heterocycles. The highest BCUT2D eigenvalue weighted by atomic mass is 79.9. The highest BCUT2D eigenvalue weighted by molar-refractivity contribution is 9.10. The van der Waals surface area contributed by atoms with Gasteiger partial charge >= 0.3 is 6.03 Å². The van der Waals surface area contributed by atoms with E-state index in [1.807, 2.05) is 24.0 Å². The third kappa shape index (κ3) is 5.03. The Hall–Kier alpha value is -1.54. The first-order chi connectivity index (χ1) is 10.6. The Bertz CT molecular complexity index is 530. The van der Waals surface area contributed by atoms with Crippen molar-refractivity contribution < 1.29 is 4.79 Å². The molecule has 1 fully saturated rings. The number of piperidine rings is 1. The zero-order chi connectivity index (χ0) is 15.9. The maximum atomic E-state index is 12.2. The lowest BCUT2D eigenvalue weighted by Crippen LogP contribution is -2.47. The molecular weight excluding hydrogens is 342 g/mol. The van der Waals surface area contributed by atoms with E-state index in [2.05, 4.69) is 39.4 Å². The van der Waals surface area contributed by atoms with Crippen molar-refractivity contribution in [1.82, 2.24) is 10.2 Å². The van der Waals surface area contributed by atoms with E-state index in [4.69, 9.17) is 5.26 Å². The average Bonchev–Trinajstić information content (AvgIpc) is 2.54. The summed E-state index contributed by atoms with van der Waals surface area (Å²) < 4.78 is 1.08. The zero-order valence-electron chi connectivity index (χ0n) is 12.9. The highest BCUT2D eigenvalue weighted by Crippen LogP contribution is 2.16. The van der Waals surface area contributed by atoms with Crippen molar-refractivity contribution >= 4 is 22.0 Å². The predicted octanol–water partition coefficient (Wildman–Crippen LogP) is 3.72. The second kappa shape index (κ2) is 8.19. The summed E-state index contributed by atoms with van der Waals surface area (Å²) in [5.74, 6) is 0.110. The van der Waals surface area contributed by atoms with Gasteiger partial charge in [-0.05, 0) is 50.3 Å². The van der Waals surface area contributed by atoms with E-state index in [1.165, 1.54) is 5.56 Å². The molecule has 0 radical (unpaired) electrons. The van der Waals surface area contributed by atoms with Gasteiger partial charge in [0.25, 0.3) is 0 Å². The van der Waals surface area contributed by atoms with Crippen LogP contribution in [0.3, 0.4) is 0 Å². The van der Waals surface area contributed by atoms with E-state index in [0.717, 1.165) is 30.2 Å². The summed E-state index contributed by atoms with van der Waals surface area (Å²) in [6.07, 6.45) is 3.45. The number of likely N-dealkylation sites (tertiary alicyclic amines) is 1. The third-order valence-electron chi connectivity index (χ3n) is 4.11. The SMILES string of the molecule is C[C@H](CCc1ccc(Br)cc1)NC(=O)N1CCC(C#N)CC1. The topological polar surface area (TPSA) is 56.1 Å². The van der Waals surface area contributed by atoms with Crippen molar-refractivity contribution in [2.45, 2.75) is 38.6 Å². The van der Waals surface area contributed by atoms with Crippen LogP contribution in [0.4, 0.5) is 4.79 Å². The average molecular weight is 364 g/mol. The fraction of sp³-hybridized carbons (Fsp3) is 0.529. The Morgan fingerprint density at radius 2 is 2.05 bits per heavy atom. The summed E-state index contributed by atoms with van der Waals surface area (Å²) in [5.41, 5.74) is 1.28. The number of nitrogens with zero attached hydrogens (tertiary/aromatic N) is 2. The first-order valence-electron chi connectivity index (χ1n) is 7.78. The lowest BCUT2D eigenvalue weighted by molar-refractivity contribution is 0.175. The molecule has 0 aliphatic carbocycles. The molecule has 1 N–H and O–H groups in total. The Kier molecular flexibility index (Phi) is 6.26. The van der Waals surface area contributed by atoms with Gasteiger partial charge in [-0.15, -0.1) is 0 Å². The fourth-order valence-electron chi connectivity index (χ4n) is 2.62. The van der Waals surface area contributed by atoms with Crippen molar-refractivity contribution in [3.63, 3.8) is 0 Å². The molecule has 0 aromatic heterocycles. The molecule has 0 spiro atoms. The zero-order valence-corrected chi connectivity index (χ0v) is 14.5. The van der Waals surface area contributed by atoms with Crippen molar-refractivity contribution in [1.29, 1.82) is 5.26 Å². The maximum absolute atomic E-state index is 12.2. The maximum Gasteiger partial charge on any atom is 0.317 e. The van der Waals surface area contributed by atoms with Gasteiger partial charge in [0.2, 0.25) is 0 Å². The Morgan fingerprint density at radius 1 is 1.41 bits per heavy atom. The first kappa shape index (κ1) is 16.8. The Morgan fingerprint density at radius 3 is 2.64 bits per heavy atom. The number of halogens is 1. The Labute approximate surface area is 140 Å². The van der Waals surface area contributed by atoms with E-state index in [0.29, 0.717) is 13.1 Å². The minimum atomic E-state index is -0.000282. The molecule has 5 heteroatoms. The summed E-state index contributed by atoms with van der Waals surface area (Å²) in [5, 5.41) is 11.9. The molecule has 0 saturated carbocycles. The minimum Gasteiger partial charge on any atom is -0.336 e. The molecule has 1 aromatic carbocycles. The van der Waals surface area contributed by atoms with Gasteiger partial charge in [-0.3, -0.25) is 0 Å². The minimum absolute atomic E-state index is 0.000282. The number of hydrogen-bond donors (Lipinski definition) is 1. The van der Waals surface area contributed by atoms with Gasteiger partial charge in [0.05, 0.1) is 6.07 Å². The Balaban J connectivity index is 1.72. The molecule has 2 rings (SSSR count). The summed E-state index contributed by atoms with van der Waals surface area (Å²) in [6, 6.07) is 10.7. The molecule has 1 saturated heterocycles. The summed E-state index contributed by atoms with van der Waals surface area (Å²) in [4.78, 5) is 14.0. The number of nitriles is 1. The van der Waals surface area contributed by atoms with Crippen LogP contribution in [0.25, 0.3) is 0 Å². The van der Waals surface area contributed by atoms with Crippen LogP contribution in [0.5, 0.6) is 0 Å². The quantitative estimate of drug-likeness (QED) is 0.885. The number of hydrogen-bond acceptors (Lipinski definition) is 2. The van der Waals surface area contributed by atoms with Crippen molar-refractivity contribution in [3.05, 3.63) is 34.3 Å². The van der Waals surface area contributed by atoms with Gasteiger partial charge in [-0.1, -0.05) is 28.1 Å². The van der Waals surface area contributed by atoms with Crippen LogP contribution in [0.15, 0.2) is 28.7 Å². The van der Waals surface area contributed by atoms with Crippen LogP contribution >= 0.6 is 15.9 Å². The third-order valence-corrected chi connectivity index (χ3v) is 4.64. The number of rotatable bonds is 4.